The van der Waals surface area contributed by atoms with Gasteiger partial charge in [-0.1, -0.05) is 6.08 Å². The molecule has 1 atom stereocenters. The number of carbonyl (C=O) groups is 1. The summed E-state index contributed by atoms with van der Waals surface area (Å²) in [5, 5.41) is 11.0. The van der Waals surface area contributed by atoms with Crippen molar-refractivity contribution < 1.29 is 15.4 Å². The summed E-state index contributed by atoms with van der Waals surface area (Å²) in [5.74, 6) is -0.836. The van der Waals surface area contributed by atoms with E-state index in [1.165, 1.54) is 0 Å². The molecule has 0 aliphatic rings. The third kappa shape index (κ3) is 5.27. The lowest BCUT2D eigenvalue weighted by Crippen LogP contribution is -2.33. The first kappa shape index (κ1) is 11.9. The van der Waals surface area contributed by atoms with E-state index in [1.54, 1.807) is 13.0 Å². The van der Waals surface area contributed by atoms with Gasteiger partial charge >= 0.3 is 5.97 Å². The van der Waals surface area contributed by atoms with E-state index in [1.807, 2.05) is 0 Å². The van der Waals surface area contributed by atoms with E-state index in [0.717, 1.165) is 0 Å². The summed E-state index contributed by atoms with van der Waals surface area (Å²) in [6, 6.07) is -0.483. The summed E-state index contributed by atoms with van der Waals surface area (Å²) in [6.45, 7) is 5.56. The third-order valence-corrected chi connectivity index (χ3v) is 0.939. The molecule has 4 heteroatoms. The Kier molecular flexibility index (Phi) is 7.42. The molecule has 4 nitrogen and oxygen atoms in total. The molecule has 0 bridgehead atoms. The highest BCUT2D eigenvalue weighted by atomic mass is 16.4. The van der Waals surface area contributed by atoms with E-state index >= 15 is 0 Å². The maximum absolute atomic E-state index is 10.1. The van der Waals surface area contributed by atoms with E-state index in [9.17, 15) is 4.79 Å². The van der Waals surface area contributed by atoms with Gasteiger partial charge in [0.25, 0.3) is 0 Å². The van der Waals surface area contributed by atoms with Crippen molar-refractivity contribution in [3.63, 3.8) is 0 Å². The van der Waals surface area contributed by atoms with Gasteiger partial charge in [-0.3, -0.25) is 4.79 Å². The molecule has 0 aliphatic carbocycles. The normalized spacial score (nSPS) is 11.3. The number of carboxylic acid groups (broad SMARTS) is 1. The Morgan fingerprint density at radius 2 is 2.40 bits per heavy atom. The predicted octanol–water partition coefficient (Wildman–Crippen LogP) is -0.590. The van der Waals surface area contributed by atoms with E-state index in [4.69, 9.17) is 5.11 Å². The Morgan fingerprint density at radius 3 is 2.70 bits per heavy atom. The summed E-state index contributed by atoms with van der Waals surface area (Å²) in [7, 11) is 0. The first-order chi connectivity index (χ1) is 4.18. The molecule has 0 saturated carbocycles. The van der Waals surface area contributed by atoms with Crippen LogP contribution < -0.4 is 5.32 Å². The van der Waals surface area contributed by atoms with Gasteiger partial charge in [-0.15, -0.1) is 6.58 Å². The Morgan fingerprint density at radius 1 is 1.90 bits per heavy atom. The van der Waals surface area contributed by atoms with Gasteiger partial charge in [0.15, 0.2) is 0 Å². The van der Waals surface area contributed by atoms with Crippen molar-refractivity contribution in [2.45, 2.75) is 13.0 Å². The quantitative estimate of drug-likeness (QED) is 0.521. The number of aliphatic carboxylic acids is 1. The molecule has 0 aromatic heterocycles. The van der Waals surface area contributed by atoms with Gasteiger partial charge in [-0.25, -0.2) is 0 Å². The average molecular weight is 147 g/mol. The second-order valence-corrected chi connectivity index (χ2v) is 1.76. The minimum Gasteiger partial charge on any atom is -0.480 e. The lowest BCUT2D eigenvalue weighted by atomic mass is 10.3. The molecule has 0 aliphatic heterocycles. The molecule has 0 radical (unpaired) electrons. The zero-order chi connectivity index (χ0) is 7.28. The summed E-state index contributed by atoms with van der Waals surface area (Å²) >= 11 is 0. The van der Waals surface area contributed by atoms with Crippen LogP contribution in [0.1, 0.15) is 6.92 Å². The second kappa shape index (κ2) is 6.25. The zero-order valence-corrected chi connectivity index (χ0v) is 5.92. The fraction of sp³-hybridized carbons (Fsp3) is 0.500. The van der Waals surface area contributed by atoms with Gasteiger partial charge in [0.05, 0.1) is 0 Å². The van der Waals surface area contributed by atoms with Crippen molar-refractivity contribution in [1.29, 1.82) is 0 Å². The van der Waals surface area contributed by atoms with Crippen LogP contribution in [0.25, 0.3) is 0 Å². The van der Waals surface area contributed by atoms with Crippen LogP contribution in [0.3, 0.4) is 0 Å². The number of nitrogens with one attached hydrogen (secondary N) is 1. The van der Waals surface area contributed by atoms with Crippen molar-refractivity contribution in [3.05, 3.63) is 12.7 Å². The van der Waals surface area contributed by atoms with Crippen molar-refractivity contribution in [2.24, 2.45) is 0 Å². The summed E-state index contributed by atoms with van der Waals surface area (Å²) in [6.07, 6.45) is 1.62. The average Bonchev–Trinajstić information content (AvgIpc) is 1.82. The van der Waals surface area contributed by atoms with E-state index in [2.05, 4.69) is 11.9 Å². The fourth-order valence-corrected chi connectivity index (χ4v) is 0.347. The first-order valence-corrected chi connectivity index (χ1v) is 2.75. The molecule has 0 saturated heterocycles. The van der Waals surface area contributed by atoms with Crippen molar-refractivity contribution in [3.8, 4) is 0 Å². The largest absolute Gasteiger partial charge is 0.480 e. The standard InChI is InChI=1S/C6H11NO2.H2O/c1-3-4-7-5(2)6(8)9;/h3,5,7H,1,4H2,2H3,(H,8,9);1H2. The highest BCUT2D eigenvalue weighted by molar-refractivity contribution is 5.72. The van der Waals surface area contributed by atoms with Crippen LogP contribution in [0, 0.1) is 0 Å². The number of rotatable bonds is 4. The minimum absolute atomic E-state index is 0. The monoisotopic (exact) mass is 147 g/mol. The summed E-state index contributed by atoms with van der Waals surface area (Å²) in [4.78, 5) is 10.1. The Balaban J connectivity index is 0. The van der Waals surface area contributed by atoms with Crippen LogP contribution >= 0.6 is 0 Å². The lowest BCUT2D eigenvalue weighted by Gasteiger charge is -2.04. The van der Waals surface area contributed by atoms with Crippen LogP contribution in [-0.4, -0.2) is 29.1 Å². The van der Waals surface area contributed by atoms with Crippen LogP contribution in [0.5, 0.6) is 0 Å². The molecular weight excluding hydrogens is 134 g/mol. The highest BCUT2D eigenvalue weighted by Crippen LogP contribution is 1.78. The molecule has 0 amide bonds. The maximum atomic E-state index is 10.1. The molecule has 0 aromatic carbocycles. The summed E-state index contributed by atoms with van der Waals surface area (Å²) < 4.78 is 0. The molecular formula is C6H13NO3. The lowest BCUT2D eigenvalue weighted by molar-refractivity contribution is -0.138. The van der Waals surface area contributed by atoms with Crippen molar-refractivity contribution in [2.75, 3.05) is 6.54 Å². The molecule has 0 spiro atoms. The first-order valence-electron chi connectivity index (χ1n) is 2.75. The van der Waals surface area contributed by atoms with Crippen LogP contribution in [-0.2, 0) is 4.79 Å². The Bertz CT molecular complexity index is 114. The number of hydrogen-bond donors (Lipinski definition) is 2. The molecule has 4 N–H and O–H groups in total. The van der Waals surface area contributed by atoms with E-state index in [-0.39, 0.29) is 5.48 Å². The van der Waals surface area contributed by atoms with E-state index < -0.39 is 12.0 Å². The SMILES string of the molecule is C=CCNC(C)C(=O)O.O. The molecule has 10 heavy (non-hydrogen) atoms. The maximum Gasteiger partial charge on any atom is 0.320 e. The fourth-order valence-electron chi connectivity index (χ4n) is 0.347. The third-order valence-electron chi connectivity index (χ3n) is 0.939. The van der Waals surface area contributed by atoms with Gasteiger partial charge in [0.2, 0.25) is 0 Å². The van der Waals surface area contributed by atoms with Crippen molar-refractivity contribution >= 4 is 5.97 Å². The van der Waals surface area contributed by atoms with Gasteiger partial charge in [-0.05, 0) is 6.92 Å². The topological polar surface area (TPSA) is 80.8 Å². The van der Waals surface area contributed by atoms with Crippen LogP contribution in [0.4, 0.5) is 0 Å². The van der Waals surface area contributed by atoms with Crippen LogP contribution in [0.2, 0.25) is 0 Å². The van der Waals surface area contributed by atoms with E-state index in [0.29, 0.717) is 6.54 Å². The molecule has 0 heterocycles. The predicted molar refractivity (Wildman–Crippen MR) is 38.9 cm³/mol. The van der Waals surface area contributed by atoms with Crippen molar-refractivity contribution in [1.82, 2.24) is 5.32 Å². The van der Waals surface area contributed by atoms with Gasteiger partial charge in [-0.2, -0.15) is 0 Å². The highest BCUT2D eigenvalue weighted by Gasteiger charge is 2.06. The molecule has 0 aromatic rings. The number of hydrogen-bond acceptors (Lipinski definition) is 2. The zero-order valence-electron chi connectivity index (χ0n) is 5.92. The Labute approximate surface area is 59.9 Å². The molecule has 1 unspecified atom stereocenters. The van der Waals surface area contributed by atoms with Crippen LogP contribution in [0.15, 0.2) is 12.7 Å². The Hall–Kier alpha value is -0.870. The van der Waals surface area contributed by atoms with Gasteiger partial charge < -0.3 is 15.9 Å². The van der Waals surface area contributed by atoms with Gasteiger partial charge in [0.1, 0.15) is 6.04 Å². The minimum atomic E-state index is -0.836. The molecule has 0 rings (SSSR count). The molecule has 0 fully saturated rings. The number of carboxylic acids is 1. The van der Waals surface area contributed by atoms with Gasteiger partial charge in [0, 0.05) is 6.54 Å². The smallest absolute Gasteiger partial charge is 0.320 e. The second-order valence-electron chi connectivity index (χ2n) is 1.76. The summed E-state index contributed by atoms with van der Waals surface area (Å²) in [5.41, 5.74) is 0. The molecule has 60 valence electrons.